The fourth-order valence-corrected chi connectivity index (χ4v) is 1.75. The van der Waals surface area contributed by atoms with E-state index >= 15 is 0 Å². The summed E-state index contributed by atoms with van der Waals surface area (Å²) >= 11 is 0. The molecule has 1 aromatic rings. The van der Waals surface area contributed by atoms with Gasteiger partial charge in [0.15, 0.2) is 0 Å². The number of halogens is 1. The molecule has 0 aliphatic rings. The summed E-state index contributed by atoms with van der Waals surface area (Å²) < 4.78 is 18.6. The minimum Gasteiger partial charge on any atom is -0.497 e. The second-order valence-corrected chi connectivity index (χ2v) is 4.06. The number of carbonyl (C=O) groups is 1. The lowest BCUT2D eigenvalue weighted by Crippen LogP contribution is -2.30. The zero-order chi connectivity index (χ0) is 13.5. The van der Waals surface area contributed by atoms with Crippen LogP contribution in [0.15, 0.2) is 18.2 Å². The number of methoxy groups -OCH3 is 1. The lowest BCUT2D eigenvalue weighted by molar-refractivity contribution is -0.138. The topological polar surface area (TPSA) is 49.8 Å². The number of benzene rings is 1. The summed E-state index contributed by atoms with van der Waals surface area (Å²) in [5.74, 6) is -0.824. The van der Waals surface area contributed by atoms with Crippen LogP contribution >= 0.6 is 0 Å². The first-order valence-corrected chi connectivity index (χ1v) is 5.83. The van der Waals surface area contributed by atoms with Crippen LogP contribution in [0, 0.1) is 5.82 Å². The van der Waals surface area contributed by atoms with Gasteiger partial charge in [0.1, 0.15) is 11.6 Å². The summed E-state index contributed by atoms with van der Waals surface area (Å²) in [4.78, 5) is 12.4. The van der Waals surface area contributed by atoms with Gasteiger partial charge in [0.25, 0.3) is 0 Å². The van der Waals surface area contributed by atoms with Crippen molar-refractivity contribution in [1.82, 2.24) is 4.90 Å². The molecule has 5 heteroatoms. The van der Waals surface area contributed by atoms with Crippen LogP contribution in [-0.2, 0) is 11.3 Å². The van der Waals surface area contributed by atoms with Crippen LogP contribution in [0.25, 0.3) is 0 Å². The average molecular weight is 255 g/mol. The van der Waals surface area contributed by atoms with Gasteiger partial charge in [-0.15, -0.1) is 0 Å². The van der Waals surface area contributed by atoms with Gasteiger partial charge >= 0.3 is 5.97 Å². The molecular weight excluding hydrogens is 237 g/mol. The Bertz CT molecular complexity index is 409. The van der Waals surface area contributed by atoms with E-state index in [1.807, 2.05) is 6.92 Å². The van der Waals surface area contributed by atoms with Gasteiger partial charge in [0.2, 0.25) is 0 Å². The minimum atomic E-state index is -0.905. The van der Waals surface area contributed by atoms with Crippen molar-refractivity contribution in [3.63, 3.8) is 0 Å². The van der Waals surface area contributed by atoms with E-state index in [4.69, 9.17) is 9.84 Å². The first-order valence-electron chi connectivity index (χ1n) is 5.83. The molecule has 0 bridgehead atoms. The number of rotatable bonds is 7. The molecule has 0 aromatic heterocycles. The number of carboxylic acid groups (broad SMARTS) is 1. The van der Waals surface area contributed by atoms with E-state index in [1.165, 1.54) is 13.2 Å². The van der Waals surface area contributed by atoms with E-state index in [9.17, 15) is 9.18 Å². The Labute approximate surface area is 106 Å². The van der Waals surface area contributed by atoms with Crippen LogP contribution in [-0.4, -0.2) is 36.2 Å². The van der Waals surface area contributed by atoms with Crippen molar-refractivity contribution in [3.05, 3.63) is 29.6 Å². The van der Waals surface area contributed by atoms with E-state index in [0.29, 0.717) is 17.9 Å². The van der Waals surface area contributed by atoms with Crippen LogP contribution < -0.4 is 4.74 Å². The Morgan fingerprint density at radius 2 is 2.22 bits per heavy atom. The van der Waals surface area contributed by atoms with Gasteiger partial charge in [-0.05, 0) is 19.0 Å². The van der Waals surface area contributed by atoms with Gasteiger partial charge in [-0.2, -0.15) is 0 Å². The summed E-state index contributed by atoms with van der Waals surface area (Å²) in [7, 11) is 1.47. The monoisotopic (exact) mass is 255 g/mol. The smallest absolute Gasteiger partial charge is 0.317 e. The zero-order valence-electron chi connectivity index (χ0n) is 10.6. The lowest BCUT2D eigenvalue weighted by Gasteiger charge is -2.19. The lowest BCUT2D eigenvalue weighted by atomic mass is 10.2. The number of nitrogens with zero attached hydrogens (tertiary/aromatic N) is 1. The second kappa shape index (κ2) is 6.96. The van der Waals surface area contributed by atoms with Gasteiger partial charge in [0.05, 0.1) is 13.7 Å². The Morgan fingerprint density at radius 3 is 2.72 bits per heavy atom. The highest BCUT2D eigenvalue weighted by molar-refractivity contribution is 5.69. The fraction of sp³-hybridized carbons (Fsp3) is 0.462. The predicted molar refractivity (Wildman–Crippen MR) is 66.2 cm³/mol. The van der Waals surface area contributed by atoms with Crippen LogP contribution in [0.1, 0.15) is 18.9 Å². The standard InChI is InChI=1S/C13H18FNO3/c1-3-6-15(9-13(16)17)8-10-4-5-11(18-2)7-12(10)14/h4-5,7H,3,6,8-9H2,1-2H3,(H,16,17). The van der Waals surface area contributed by atoms with Gasteiger partial charge in [-0.1, -0.05) is 13.0 Å². The normalized spacial score (nSPS) is 10.7. The summed E-state index contributed by atoms with van der Waals surface area (Å²) in [5, 5.41) is 8.78. The Hall–Kier alpha value is -1.62. The zero-order valence-corrected chi connectivity index (χ0v) is 10.6. The van der Waals surface area contributed by atoms with Gasteiger partial charge < -0.3 is 9.84 Å². The van der Waals surface area contributed by atoms with Crippen LogP contribution in [0.5, 0.6) is 5.75 Å². The molecule has 18 heavy (non-hydrogen) atoms. The maximum Gasteiger partial charge on any atom is 0.317 e. The fourth-order valence-electron chi connectivity index (χ4n) is 1.75. The van der Waals surface area contributed by atoms with Gasteiger partial charge in [0, 0.05) is 18.2 Å². The highest BCUT2D eigenvalue weighted by atomic mass is 19.1. The third kappa shape index (κ3) is 4.33. The van der Waals surface area contributed by atoms with E-state index in [0.717, 1.165) is 6.42 Å². The number of carboxylic acids is 1. The number of hydrogen-bond donors (Lipinski definition) is 1. The van der Waals surface area contributed by atoms with Gasteiger partial charge in [-0.25, -0.2) is 4.39 Å². The Kier molecular flexibility index (Phi) is 5.58. The maximum atomic E-state index is 13.7. The second-order valence-electron chi connectivity index (χ2n) is 4.06. The van der Waals surface area contributed by atoms with E-state index < -0.39 is 5.97 Å². The van der Waals surface area contributed by atoms with Crippen LogP contribution in [0.3, 0.4) is 0 Å². The van der Waals surface area contributed by atoms with Crippen molar-refractivity contribution in [2.24, 2.45) is 0 Å². The molecule has 0 aliphatic carbocycles. The Morgan fingerprint density at radius 1 is 1.50 bits per heavy atom. The largest absolute Gasteiger partial charge is 0.497 e. The molecule has 0 heterocycles. The average Bonchev–Trinajstić information content (AvgIpc) is 2.31. The molecule has 1 rings (SSSR count). The molecule has 0 unspecified atom stereocenters. The number of ether oxygens (including phenoxy) is 1. The molecule has 0 spiro atoms. The molecule has 100 valence electrons. The third-order valence-electron chi connectivity index (χ3n) is 2.55. The molecule has 4 nitrogen and oxygen atoms in total. The summed E-state index contributed by atoms with van der Waals surface area (Å²) in [6.07, 6.45) is 0.824. The molecule has 0 radical (unpaired) electrons. The van der Waals surface area contributed by atoms with Crippen LogP contribution in [0.2, 0.25) is 0 Å². The molecular formula is C13H18FNO3. The molecule has 0 atom stereocenters. The summed E-state index contributed by atoms with van der Waals surface area (Å²) in [6.45, 7) is 2.78. The molecule has 1 N–H and O–H groups in total. The molecule has 0 aliphatic heterocycles. The van der Waals surface area contributed by atoms with Crippen molar-refractivity contribution in [2.75, 3.05) is 20.2 Å². The summed E-state index contributed by atoms with van der Waals surface area (Å²) in [5.41, 5.74) is 0.477. The molecule has 0 saturated heterocycles. The predicted octanol–water partition coefficient (Wildman–Crippen LogP) is 2.13. The van der Waals surface area contributed by atoms with Crippen molar-refractivity contribution in [3.8, 4) is 5.75 Å². The first kappa shape index (κ1) is 14.4. The van der Waals surface area contributed by atoms with E-state index in [2.05, 4.69) is 0 Å². The van der Waals surface area contributed by atoms with E-state index in [1.54, 1.807) is 17.0 Å². The highest BCUT2D eigenvalue weighted by Gasteiger charge is 2.12. The first-order chi connectivity index (χ1) is 8.56. The quantitative estimate of drug-likeness (QED) is 0.811. The van der Waals surface area contributed by atoms with Crippen molar-refractivity contribution in [1.29, 1.82) is 0 Å². The molecule has 0 amide bonds. The maximum absolute atomic E-state index is 13.7. The van der Waals surface area contributed by atoms with Crippen molar-refractivity contribution >= 4 is 5.97 Å². The van der Waals surface area contributed by atoms with E-state index in [-0.39, 0.29) is 18.9 Å². The van der Waals surface area contributed by atoms with Crippen LogP contribution in [0.4, 0.5) is 4.39 Å². The minimum absolute atomic E-state index is 0.0840. The Balaban J connectivity index is 2.76. The SMILES string of the molecule is CCCN(CC(=O)O)Cc1ccc(OC)cc1F. The molecule has 0 fully saturated rings. The van der Waals surface area contributed by atoms with Gasteiger partial charge in [-0.3, -0.25) is 9.69 Å². The third-order valence-corrected chi connectivity index (χ3v) is 2.55. The highest BCUT2D eigenvalue weighted by Crippen LogP contribution is 2.17. The van der Waals surface area contributed by atoms with Crippen molar-refractivity contribution in [2.45, 2.75) is 19.9 Å². The van der Waals surface area contributed by atoms with Crippen molar-refractivity contribution < 1.29 is 19.0 Å². The molecule has 1 aromatic carbocycles. The molecule has 0 saturated carbocycles. The summed E-state index contributed by atoms with van der Waals surface area (Å²) in [6, 6.07) is 4.60. The number of aliphatic carboxylic acids is 1. The number of hydrogen-bond acceptors (Lipinski definition) is 3.